The van der Waals surface area contributed by atoms with Gasteiger partial charge in [0.1, 0.15) is 0 Å². The number of rotatable bonds is 5. The predicted octanol–water partition coefficient (Wildman–Crippen LogP) is 3.65. The molecule has 3 aromatic rings. The minimum Gasteiger partial charge on any atom is -0.350 e. The minimum atomic E-state index is -0.309. The molecule has 26 heavy (non-hydrogen) atoms. The summed E-state index contributed by atoms with van der Waals surface area (Å²) in [7, 11) is 0. The van der Waals surface area contributed by atoms with Crippen LogP contribution >= 0.6 is 23.2 Å². The first-order valence-corrected chi connectivity index (χ1v) is 8.65. The van der Waals surface area contributed by atoms with Gasteiger partial charge in [-0.3, -0.25) is 14.2 Å². The third kappa shape index (κ3) is 4.50. The van der Waals surface area contributed by atoms with Crippen LogP contribution in [0.2, 0.25) is 10.0 Å². The Bertz CT molecular complexity index is 967. The molecule has 1 heterocycles. The Labute approximate surface area is 160 Å². The Morgan fingerprint density at radius 2 is 1.73 bits per heavy atom. The highest BCUT2D eigenvalue weighted by Crippen LogP contribution is 2.19. The molecule has 5 nitrogen and oxygen atoms in total. The highest BCUT2D eigenvalue weighted by Gasteiger charge is 2.08. The molecule has 2 aromatic carbocycles. The molecule has 0 radical (unpaired) electrons. The van der Waals surface area contributed by atoms with Crippen LogP contribution in [0.5, 0.6) is 0 Å². The summed E-state index contributed by atoms with van der Waals surface area (Å²) in [6.45, 7) is 0.580. The zero-order chi connectivity index (χ0) is 18.5. The van der Waals surface area contributed by atoms with Crippen LogP contribution in [-0.2, 0) is 6.54 Å². The van der Waals surface area contributed by atoms with Crippen LogP contribution in [0.25, 0.3) is 11.3 Å². The van der Waals surface area contributed by atoms with E-state index in [0.717, 1.165) is 5.56 Å². The Morgan fingerprint density at radius 1 is 1.04 bits per heavy atom. The lowest BCUT2D eigenvalue weighted by Crippen LogP contribution is -2.30. The van der Waals surface area contributed by atoms with Gasteiger partial charge in [0, 0.05) is 40.3 Å². The lowest BCUT2D eigenvalue weighted by atomic mass is 10.1. The largest absolute Gasteiger partial charge is 0.350 e. The molecular formula is C19H15Cl2N3O2. The fourth-order valence-electron chi connectivity index (χ4n) is 2.44. The predicted molar refractivity (Wildman–Crippen MR) is 103 cm³/mol. The van der Waals surface area contributed by atoms with Crippen molar-refractivity contribution < 1.29 is 4.79 Å². The van der Waals surface area contributed by atoms with Crippen molar-refractivity contribution in [3.05, 3.63) is 86.9 Å². The van der Waals surface area contributed by atoms with E-state index >= 15 is 0 Å². The van der Waals surface area contributed by atoms with E-state index in [1.165, 1.54) is 29.1 Å². The summed E-state index contributed by atoms with van der Waals surface area (Å²) in [6.07, 6.45) is 1.48. The fraction of sp³-hybridized carbons (Fsp3) is 0.105. The molecule has 132 valence electrons. The van der Waals surface area contributed by atoms with Gasteiger partial charge in [-0.1, -0.05) is 53.5 Å². The number of nitrogens with zero attached hydrogens (tertiary/aromatic N) is 2. The summed E-state index contributed by atoms with van der Waals surface area (Å²) in [6, 6.07) is 15.6. The smallest absolute Gasteiger partial charge is 0.253 e. The number of amides is 1. The molecule has 0 saturated carbocycles. The number of carbonyl (C=O) groups is 1. The Hall–Kier alpha value is -2.63. The number of carbonyl (C=O) groups excluding carboxylic acids is 1. The molecule has 7 heteroatoms. The first kappa shape index (κ1) is 18.2. The van der Waals surface area contributed by atoms with Gasteiger partial charge in [0.25, 0.3) is 11.5 Å². The Balaban J connectivity index is 1.63. The van der Waals surface area contributed by atoms with Gasteiger partial charge in [0.05, 0.1) is 12.0 Å². The van der Waals surface area contributed by atoms with E-state index in [4.69, 9.17) is 23.2 Å². The maximum atomic E-state index is 12.2. The molecule has 1 N–H and O–H groups in total. The van der Waals surface area contributed by atoms with Crippen LogP contribution in [0.4, 0.5) is 0 Å². The average Bonchev–Trinajstić information content (AvgIpc) is 2.63. The second-order valence-electron chi connectivity index (χ2n) is 5.59. The van der Waals surface area contributed by atoms with Crippen LogP contribution in [-0.4, -0.2) is 22.0 Å². The van der Waals surface area contributed by atoms with Crippen LogP contribution in [0, 0.1) is 0 Å². The monoisotopic (exact) mass is 387 g/mol. The molecule has 1 amide bonds. The number of hydrogen-bond donors (Lipinski definition) is 1. The lowest BCUT2D eigenvalue weighted by molar-refractivity contribution is 0.0952. The molecule has 0 aliphatic heterocycles. The number of hydrogen-bond acceptors (Lipinski definition) is 3. The second kappa shape index (κ2) is 8.17. The second-order valence-corrected chi connectivity index (χ2v) is 6.46. The van der Waals surface area contributed by atoms with Crippen molar-refractivity contribution in [2.45, 2.75) is 6.54 Å². The maximum Gasteiger partial charge on any atom is 0.253 e. The molecule has 0 aliphatic rings. The summed E-state index contributed by atoms with van der Waals surface area (Å²) in [4.78, 5) is 28.7. The highest BCUT2D eigenvalue weighted by atomic mass is 35.5. The average molecular weight is 388 g/mol. The van der Waals surface area contributed by atoms with Crippen LogP contribution in [0.3, 0.4) is 0 Å². The third-order valence-corrected chi connectivity index (χ3v) is 4.15. The number of nitrogens with one attached hydrogen (secondary N) is 1. The summed E-state index contributed by atoms with van der Waals surface area (Å²) < 4.78 is 1.44. The lowest BCUT2D eigenvalue weighted by Gasteiger charge is -2.09. The van der Waals surface area contributed by atoms with E-state index in [0.29, 0.717) is 27.8 Å². The van der Waals surface area contributed by atoms with E-state index in [1.54, 1.807) is 6.07 Å². The molecule has 0 saturated heterocycles. The van der Waals surface area contributed by atoms with E-state index in [2.05, 4.69) is 10.3 Å². The van der Waals surface area contributed by atoms with Gasteiger partial charge in [-0.25, -0.2) is 4.98 Å². The number of halogens is 2. The van der Waals surface area contributed by atoms with E-state index in [1.807, 2.05) is 30.3 Å². The molecule has 0 bridgehead atoms. The van der Waals surface area contributed by atoms with Gasteiger partial charge in [-0.2, -0.15) is 0 Å². The number of aromatic nitrogens is 2. The van der Waals surface area contributed by atoms with Crippen molar-refractivity contribution in [3.8, 4) is 11.3 Å². The molecular weight excluding hydrogens is 373 g/mol. The number of benzene rings is 2. The molecule has 1 aromatic heterocycles. The molecule has 0 fully saturated rings. The molecule has 0 spiro atoms. The van der Waals surface area contributed by atoms with Gasteiger partial charge < -0.3 is 5.32 Å². The standard InChI is InChI=1S/C19H15Cl2N3O2/c20-15-8-14(9-16(21)10-15)19(26)22-6-7-24-12-23-17(11-18(24)25)13-4-2-1-3-5-13/h1-5,8-12H,6-7H2,(H,22,26). The van der Waals surface area contributed by atoms with E-state index in [9.17, 15) is 9.59 Å². The molecule has 0 aliphatic carbocycles. The zero-order valence-corrected chi connectivity index (χ0v) is 15.2. The fourth-order valence-corrected chi connectivity index (χ4v) is 2.96. The van der Waals surface area contributed by atoms with Crippen molar-refractivity contribution in [2.24, 2.45) is 0 Å². The van der Waals surface area contributed by atoms with Gasteiger partial charge in [-0.05, 0) is 18.2 Å². The van der Waals surface area contributed by atoms with Gasteiger partial charge in [0.15, 0.2) is 0 Å². The SMILES string of the molecule is O=C(NCCn1cnc(-c2ccccc2)cc1=O)c1cc(Cl)cc(Cl)c1. The van der Waals surface area contributed by atoms with Gasteiger partial charge in [0.2, 0.25) is 0 Å². The Morgan fingerprint density at radius 3 is 2.38 bits per heavy atom. The van der Waals surface area contributed by atoms with Crippen molar-refractivity contribution in [3.63, 3.8) is 0 Å². The third-order valence-electron chi connectivity index (χ3n) is 3.71. The zero-order valence-electron chi connectivity index (χ0n) is 13.7. The topological polar surface area (TPSA) is 64.0 Å². The summed E-state index contributed by atoms with van der Waals surface area (Å²) in [5.41, 5.74) is 1.68. The first-order chi connectivity index (χ1) is 12.5. The Kier molecular flexibility index (Phi) is 5.71. The van der Waals surface area contributed by atoms with Gasteiger partial charge in [-0.15, -0.1) is 0 Å². The highest BCUT2D eigenvalue weighted by molar-refractivity contribution is 6.35. The first-order valence-electron chi connectivity index (χ1n) is 7.89. The van der Waals surface area contributed by atoms with Crippen LogP contribution < -0.4 is 10.9 Å². The molecule has 3 rings (SSSR count). The summed E-state index contributed by atoms with van der Waals surface area (Å²) >= 11 is 11.8. The van der Waals surface area contributed by atoms with Crippen molar-refractivity contribution >= 4 is 29.1 Å². The summed E-state index contributed by atoms with van der Waals surface area (Å²) in [5, 5.41) is 3.51. The van der Waals surface area contributed by atoms with Crippen LogP contribution in [0.1, 0.15) is 10.4 Å². The van der Waals surface area contributed by atoms with Gasteiger partial charge >= 0.3 is 0 Å². The molecule has 0 atom stereocenters. The van der Waals surface area contributed by atoms with Crippen molar-refractivity contribution in [1.29, 1.82) is 0 Å². The van der Waals surface area contributed by atoms with E-state index in [-0.39, 0.29) is 18.0 Å². The maximum absolute atomic E-state index is 12.2. The minimum absolute atomic E-state index is 0.182. The van der Waals surface area contributed by atoms with E-state index < -0.39 is 0 Å². The quantitative estimate of drug-likeness (QED) is 0.726. The van der Waals surface area contributed by atoms with Crippen LogP contribution in [0.15, 0.2) is 65.7 Å². The summed E-state index contributed by atoms with van der Waals surface area (Å²) in [5.74, 6) is -0.309. The molecule has 0 unspecified atom stereocenters. The van der Waals surface area contributed by atoms with Crippen molar-refractivity contribution in [2.75, 3.05) is 6.54 Å². The van der Waals surface area contributed by atoms with Crippen molar-refractivity contribution in [1.82, 2.24) is 14.9 Å². The normalized spacial score (nSPS) is 10.5.